The van der Waals surface area contributed by atoms with Gasteiger partial charge < -0.3 is 9.64 Å². The molecule has 1 amide bonds. The van der Waals surface area contributed by atoms with E-state index in [1.807, 2.05) is 6.92 Å². The van der Waals surface area contributed by atoms with Crippen LogP contribution in [0.25, 0.3) is 0 Å². The van der Waals surface area contributed by atoms with E-state index in [1.54, 1.807) is 12.1 Å². The Morgan fingerprint density at radius 3 is 2.77 bits per heavy atom. The predicted molar refractivity (Wildman–Crippen MR) is 83.5 cm³/mol. The number of amides is 1. The van der Waals surface area contributed by atoms with Gasteiger partial charge in [0.1, 0.15) is 5.82 Å². The van der Waals surface area contributed by atoms with Gasteiger partial charge >= 0.3 is 0 Å². The summed E-state index contributed by atoms with van der Waals surface area (Å²) in [6, 6.07) is 5.98. The molecule has 1 fully saturated rings. The molecule has 1 saturated heterocycles. The highest BCUT2D eigenvalue weighted by Crippen LogP contribution is 2.07. The van der Waals surface area contributed by atoms with Gasteiger partial charge in [-0.15, -0.1) is 0 Å². The molecule has 1 heterocycles. The highest BCUT2D eigenvalue weighted by Gasteiger charge is 2.14. The number of nitrogens with one attached hydrogen (secondary N) is 1. The number of ether oxygens (including phenoxy) is 1. The summed E-state index contributed by atoms with van der Waals surface area (Å²) in [5, 5.41) is 2.53. The molecule has 2 rings (SSSR count). The van der Waals surface area contributed by atoms with E-state index in [-0.39, 0.29) is 11.6 Å². The summed E-state index contributed by atoms with van der Waals surface area (Å²) in [7, 11) is 0. The first-order valence-electron chi connectivity index (χ1n) is 7.66. The standard InChI is InChI=1S/C16H22FN3O2/c1-2-22-16(18-9-12-20-10-5-6-11-20)19-15(21)13-7-3-4-8-14(13)17/h3-4,7-8H,2,5-6,9-12H2,1H3,(H,18,19,21). The van der Waals surface area contributed by atoms with E-state index >= 15 is 0 Å². The maximum atomic E-state index is 13.6. The molecule has 1 aromatic rings. The largest absolute Gasteiger partial charge is 0.465 e. The number of likely N-dealkylation sites (tertiary alicyclic amines) is 1. The third-order valence-corrected chi connectivity index (χ3v) is 3.49. The predicted octanol–water partition coefficient (Wildman–Crippen LogP) is 2.04. The molecule has 5 nitrogen and oxygen atoms in total. The van der Waals surface area contributed by atoms with E-state index in [1.165, 1.54) is 25.0 Å². The molecule has 0 bridgehead atoms. The maximum absolute atomic E-state index is 13.6. The fraction of sp³-hybridized carbons (Fsp3) is 0.500. The van der Waals surface area contributed by atoms with Crippen molar-refractivity contribution in [2.24, 2.45) is 4.99 Å². The fourth-order valence-corrected chi connectivity index (χ4v) is 2.37. The van der Waals surface area contributed by atoms with Gasteiger partial charge in [-0.1, -0.05) is 12.1 Å². The molecule has 1 aromatic carbocycles. The summed E-state index contributed by atoms with van der Waals surface area (Å²) in [5.74, 6) is -1.11. The zero-order valence-electron chi connectivity index (χ0n) is 12.8. The number of carbonyl (C=O) groups excluding carboxylic acids is 1. The lowest BCUT2D eigenvalue weighted by molar-refractivity contribution is 0.0962. The fourth-order valence-electron chi connectivity index (χ4n) is 2.37. The first kappa shape index (κ1) is 16.4. The monoisotopic (exact) mass is 307 g/mol. The topological polar surface area (TPSA) is 53.9 Å². The molecule has 6 heteroatoms. The summed E-state index contributed by atoms with van der Waals surface area (Å²) in [6.07, 6.45) is 2.46. The SMILES string of the molecule is CCOC(=NCCN1CCCC1)NC(=O)c1ccccc1F. The number of halogens is 1. The lowest BCUT2D eigenvalue weighted by Gasteiger charge is -2.13. The maximum Gasteiger partial charge on any atom is 0.291 e. The number of hydrogen-bond donors (Lipinski definition) is 1. The van der Waals surface area contributed by atoms with Crippen molar-refractivity contribution in [2.75, 3.05) is 32.8 Å². The normalized spacial score (nSPS) is 15.8. The number of hydrogen-bond acceptors (Lipinski definition) is 4. The summed E-state index contributed by atoms with van der Waals surface area (Å²) in [6.45, 7) is 5.78. The van der Waals surface area contributed by atoms with E-state index < -0.39 is 11.7 Å². The number of amidine groups is 1. The van der Waals surface area contributed by atoms with Crippen LogP contribution in [0.3, 0.4) is 0 Å². The second kappa shape index (κ2) is 8.48. The van der Waals surface area contributed by atoms with Crippen LogP contribution in [-0.4, -0.2) is 49.6 Å². The van der Waals surface area contributed by atoms with Crippen LogP contribution in [0.1, 0.15) is 30.1 Å². The van der Waals surface area contributed by atoms with Gasteiger partial charge in [-0.25, -0.2) is 9.38 Å². The van der Waals surface area contributed by atoms with E-state index in [0.717, 1.165) is 19.6 Å². The summed E-state index contributed by atoms with van der Waals surface area (Å²) in [4.78, 5) is 18.6. The zero-order chi connectivity index (χ0) is 15.8. The first-order valence-corrected chi connectivity index (χ1v) is 7.66. The molecular weight excluding hydrogens is 285 g/mol. The van der Waals surface area contributed by atoms with Crippen molar-refractivity contribution in [3.05, 3.63) is 35.6 Å². The van der Waals surface area contributed by atoms with Crippen molar-refractivity contribution in [2.45, 2.75) is 19.8 Å². The van der Waals surface area contributed by atoms with Gasteiger partial charge in [0.15, 0.2) is 0 Å². The van der Waals surface area contributed by atoms with E-state index in [4.69, 9.17) is 4.74 Å². The van der Waals surface area contributed by atoms with Crippen LogP contribution >= 0.6 is 0 Å². The molecule has 1 aliphatic heterocycles. The lowest BCUT2D eigenvalue weighted by Crippen LogP contribution is -2.34. The van der Waals surface area contributed by atoms with E-state index in [2.05, 4.69) is 15.2 Å². The summed E-state index contributed by atoms with van der Waals surface area (Å²) >= 11 is 0. The minimum Gasteiger partial charge on any atom is -0.465 e. The van der Waals surface area contributed by atoms with Crippen LogP contribution in [0.2, 0.25) is 0 Å². The van der Waals surface area contributed by atoms with Gasteiger partial charge in [-0.05, 0) is 45.0 Å². The highest BCUT2D eigenvalue weighted by atomic mass is 19.1. The number of benzene rings is 1. The van der Waals surface area contributed by atoms with E-state index in [9.17, 15) is 9.18 Å². The van der Waals surface area contributed by atoms with Gasteiger partial charge in [0.25, 0.3) is 11.9 Å². The molecule has 1 N–H and O–H groups in total. The van der Waals surface area contributed by atoms with Crippen LogP contribution in [-0.2, 0) is 4.74 Å². The molecule has 0 saturated carbocycles. The van der Waals surface area contributed by atoms with Crippen LogP contribution in [0.4, 0.5) is 4.39 Å². The number of aliphatic imine (C=N–C) groups is 1. The number of nitrogens with zero attached hydrogens (tertiary/aromatic N) is 2. The Hall–Kier alpha value is -1.95. The Labute approximate surface area is 130 Å². The quantitative estimate of drug-likeness (QED) is 0.669. The summed E-state index contributed by atoms with van der Waals surface area (Å²) < 4.78 is 18.9. The van der Waals surface area contributed by atoms with Crippen LogP contribution in [0.15, 0.2) is 29.3 Å². The van der Waals surface area contributed by atoms with Crippen molar-refractivity contribution in [1.82, 2.24) is 10.2 Å². The second-order valence-corrected chi connectivity index (χ2v) is 5.10. The van der Waals surface area contributed by atoms with Crippen LogP contribution < -0.4 is 5.32 Å². The average Bonchev–Trinajstić information content (AvgIpc) is 3.01. The average molecular weight is 307 g/mol. The number of rotatable bonds is 5. The van der Waals surface area contributed by atoms with Gasteiger partial charge in [-0.2, -0.15) is 0 Å². The Balaban J connectivity index is 1.92. The Kier molecular flexibility index (Phi) is 6.33. The van der Waals surface area contributed by atoms with Crippen molar-refractivity contribution in [3.63, 3.8) is 0 Å². The van der Waals surface area contributed by atoms with Crippen LogP contribution in [0, 0.1) is 5.82 Å². The molecule has 120 valence electrons. The van der Waals surface area contributed by atoms with Crippen molar-refractivity contribution >= 4 is 11.9 Å². The molecule has 0 unspecified atom stereocenters. The molecule has 0 aliphatic carbocycles. The molecule has 0 aromatic heterocycles. The van der Waals surface area contributed by atoms with Crippen molar-refractivity contribution in [3.8, 4) is 0 Å². The Morgan fingerprint density at radius 1 is 1.36 bits per heavy atom. The molecule has 1 aliphatic rings. The molecule has 0 spiro atoms. The highest BCUT2D eigenvalue weighted by molar-refractivity contribution is 6.04. The Bertz CT molecular complexity index is 528. The van der Waals surface area contributed by atoms with Crippen molar-refractivity contribution < 1.29 is 13.9 Å². The van der Waals surface area contributed by atoms with Crippen LogP contribution in [0.5, 0.6) is 0 Å². The van der Waals surface area contributed by atoms with Crippen molar-refractivity contribution in [1.29, 1.82) is 0 Å². The number of carbonyl (C=O) groups is 1. The second-order valence-electron chi connectivity index (χ2n) is 5.10. The minimum atomic E-state index is -0.562. The molecule has 22 heavy (non-hydrogen) atoms. The molecule has 0 atom stereocenters. The van der Waals surface area contributed by atoms with Gasteiger partial charge in [-0.3, -0.25) is 10.1 Å². The zero-order valence-corrected chi connectivity index (χ0v) is 12.8. The first-order chi connectivity index (χ1) is 10.7. The van der Waals surface area contributed by atoms with E-state index in [0.29, 0.717) is 13.2 Å². The third kappa shape index (κ3) is 4.80. The third-order valence-electron chi connectivity index (χ3n) is 3.49. The van der Waals surface area contributed by atoms with Gasteiger partial charge in [0.2, 0.25) is 0 Å². The smallest absolute Gasteiger partial charge is 0.291 e. The lowest BCUT2D eigenvalue weighted by atomic mass is 10.2. The molecular formula is C16H22FN3O2. The van der Waals surface area contributed by atoms with Gasteiger partial charge in [0, 0.05) is 6.54 Å². The minimum absolute atomic E-state index is 0.0190. The van der Waals surface area contributed by atoms with Gasteiger partial charge in [0.05, 0.1) is 18.7 Å². The summed E-state index contributed by atoms with van der Waals surface area (Å²) in [5.41, 5.74) is -0.0190. The molecule has 0 radical (unpaired) electrons. The Morgan fingerprint density at radius 2 is 2.09 bits per heavy atom.